The molecule has 0 saturated heterocycles. The fourth-order valence-corrected chi connectivity index (χ4v) is 3.18. The summed E-state index contributed by atoms with van der Waals surface area (Å²) in [4.78, 5) is 30.6. The first-order chi connectivity index (χ1) is 17.2. The van der Waals surface area contributed by atoms with Crippen LogP contribution in [0.1, 0.15) is 0 Å². The molecule has 0 unspecified atom stereocenters. The Morgan fingerprint density at radius 3 is 1.39 bits per heavy atom. The van der Waals surface area contributed by atoms with Gasteiger partial charge in [0.1, 0.15) is 5.75 Å². The molecule has 0 bridgehead atoms. The normalized spacial score (nSPS) is 10.0. The van der Waals surface area contributed by atoms with Crippen LogP contribution in [0.15, 0.2) is 85.2 Å². The Morgan fingerprint density at radius 2 is 1.03 bits per heavy atom. The summed E-state index contributed by atoms with van der Waals surface area (Å²) in [5, 5.41) is 42.1. The first-order valence-electron chi connectivity index (χ1n) is 10.2. The molecule has 36 heavy (non-hydrogen) atoms. The van der Waals surface area contributed by atoms with Crippen molar-refractivity contribution in [3.63, 3.8) is 0 Å². The second kappa shape index (κ2) is 11.2. The zero-order chi connectivity index (χ0) is 26.2. The molecule has 1 aromatic heterocycles. The number of aromatic nitrogens is 1. The van der Waals surface area contributed by atoms with Crippen molar-refractivity contribution in [3.8, 4) is 33.8 Å². The van der Waals surface area contributed by atoms with Gasteiger partial charge in [-0.3, -0.25) is 30.3 Å². The smallest absolute Gasteiger partial charge is 0.283 e. The fourth-order valence-electron chi connectivity index (χ4n) is 3.18. The van der Waals surface area contributed by atoms with Crippen LogP contribution in [0.5, 0.6) is 11.5 Å². The third kappa shape index (κ3) is 5.94. The van der Waals surface area contributed by atoms with Crippen molar-refractivity contribution in [1.82, 2.24) is 0 Å². The number of non-ortho nitro benzene ring substituents is 1. The van der Waals surface area contributed by atoms with Crippen molar-refractivity contribution < 1.29 is 29.6 Å². The minimum atomic E-state index is -1.46. The summed E-state index contributed by atoms with van der Waals surface area (Å²) < 4.78 is 5.18. The molecule has 0 fully saturated rings. The van der Waals surface area contributed by atoms with Crippen molar-refractivity contribution in [2.75, 3.05) is 7.11 Å². The number of ether oxygens (including phenoxy) is 1. The molecule has 0 aliphatic carbocycles. The SMILES string of the molecule is COc1ccc(-c2ccc(-c3cc[nH+]cc3)cc2)cc1.O=[N+]([O-])c1cc([N+](=O)[O-])c([O-])c([N+](=O)[O-])c1. The van der Waals surface area contributed by atoms with Crippen LogP contribution in [0.25, 0.3) is 22.3 Å². The van der Waals surface area contributed by atoms with E-state index in [9.17, 15) is 35.4 Å². The van der Waals surface area contributed by atoms with Gasteiger partial charge in [0.15, 0.2) is 12.4 Å². The summed E-state index contributed by atoms with van der Waals surface area (Å²) in [6.07, 6.45) is 3.87. The molecule has 0 spiro atoms. The number of pyridine rings is 1. The highest BCUT2D eigenvalue weighted by atomic mass is 16.6. The number of hydrogen-bond donors (Lipinski definition) is 0. The number of methoxy groups -OCH3 is 1. The molecule has 12 nitrogen and oxygen atoms in total. The lowest BCUT2D eigenvalue weighted by Crippen LogP contribution is -2.04. The van der Waals surface area contributed by atoms with Crippen LogP contribution in [-0.4, -0.2) is 21.9 Å². The molecule has 4 aromatic rings. The Bertz CT molecular complexity index is 1360. The highest BCUT2D eigenvalue weighted by Crippen LogP contribution is 2.36. The lowest BCUT2D eigenvalue weighted by Gasteiger charge is -2.06. The maximum Gasteiger partial charge on any atom is 0.283 e. The summed E-state index contributed by atoms with van der Waals surface area (Å²) in [6.45, 7) is 0. The van der Waals surface area contributed by atoms with E-state index in [4.69, 9.17) is 4.74 Å². The monoisotopic (exact) mass is 490 g/mol. The van der Waals surface area contributed by atoms with Crippen molar-refractivity contribution >= 4 is 17.1 Å². The Balaban J connectivity index is 0.000000207. The van der Waals surface area contributed by atoms with Gasteiger partial charge >= 0.3 is 0 Å². The van der Waals surface area contributed by atoms with Crippen LogP contribution < -0.4 is 14.8 Å². The predicted octanol–water partition coefficient (Wildman–Crippen LogP) is 4.33. The van der Waals surface area contributed by atoms with Gasteiger partial charge in [-0.15, -0.1) is 0 Å². The van der Waals surface area contributed by atoms with Crippen molar-refractivity contribution in [1.29, 1.82) is 0 Å². The number of nitrogens with zero attached hydrogens (tertiary/aromatic N) is 3. The van der Waals surface area contributed by atoms with Crippen molar-refractivity contribution in [2.45, 2.75) is 0 Å². The van der Waals surface area contributed by atoms with Crippen molar-refractivity contribution in [2.24, 2.45) is 0 Å². The Hall–Kier alpha value is -5.39. The maximum absolute atomic E-state index is 11.1. The average Bonchev–Trinajstić information content (AvgIpc) is 2.89. The standard InChI is InChI=1S/C18H15NO.C6H3N3O7/c1-20-18-8-6-16(7-9-18)14-2-4-15(5-3-14)17-10-12-19-13-11-17;10-6-4(8(13)14)1-3(7(11)12)2-5(6)9(15)16/h2-13H,1H3;1-2,10H. The van der Waals surface area contributed by atoms with Crippen LogP contribution in [0, 0.1) is 30.3 Å². The van der Waals surface area contributed by atoms with E-state index in [1.54, 1.807) is 7.11 Å². The molecule has 0 aliphatic heterocycles. The minimum Gasteiger partial charge on any atom is -0.863 e. The molecule has 0 aliphatic rings. The van der Waals surface area contributed by atoms with Gasteiger partial charge in [-0.2, -0.15) is 0 Å². The zero-order valence-corrected chi connectivity index (χ0v) is 18.7. The van der Waals surface area contributed by atoms with Crippen LogP contribution in [0.3, 0.4) is 0 Å². The van der Waals surface area contributed by atoms with E-state index >= 15 is 0 Å². The molecule has 0 amide bonds. The number of benzene rings is 3. The molecule has 3 aromatic carbocycles. The lowest BCUT2D eigenvalue weighted by atomic mass is 10.0. The number of rotatable bonds is 6. The van der Waals surface area contributed by atoms with Crippen LogP contribution in [-0.2, 0) is 0 Å². The van der Waals surface area contributed by atoms with Crippen LogP contribution in [0.2, 0.25) is 0 Å². The van der Waals surface area contributed by atoms with E-state index < -0.39 is 37.6 Å². The summed E-state index contributed by atoms with van der Waals surface area (Å²) in [7, 11) is 1.68. The van der Waals surface area contributed by atoms with E-state index in [-0.39, 0.29) is 0 Å². The van der Waals surface area contributed by atoms with Crippen molar-refractivity contribution in [3.05, 3.63) is 116 Å². The number of aromatic amines is 1. The number of H-pyrrole nitrogens is 1. The quantitative estimate of drug-likeness (QED) is 0.283. The number of nitrogens with one attached hydrogen (secondary N) is 1. The van der Waals surface area contributed by atoms with E-state index in [0.717, 1.165) is 5.75 Å². The summed E-state index contributed by atoms with van der Waals surface area (Å²) in [5.41, 5.74) is 1.57. The second-order valence-electron chi connectivity index (χ2n) is 7.18. The predicted molar refractivity (Wildman–Crippen MR) is 126 cm³/mol. The molecule has 182 valence electrons. The molecular formula is C24H18N4O8. The van der Waals surface area contributed by atoms with Gasteiger partial charge in [0, 0.05) is 12.1 Å². The number of hydrogen-bond acceptors (Lipinski definition) is 8. The molecule has 0 radical (unpaired) electrons. The largest absolute Gasteiger partial charge is 0.863 e. The zero-order valence-electron chi connectivity index (χ0n) is 18.7. The Morgan fingerprint density at radius 1 is 0.639 bits per heavy atom. The van der Waals surface area contributed by atoms with E-state index in [1.807, 2.05) is 24.5 Å². The van der Waals surface area contributed by atoms with Crippen LogP contribution >= 0.6 is 0 Å². The topological polar surface area (TPSA) is 176 Å². The maximum atomic E-state index is 11.1. The van der Waals surface area contributed by atoms with E-state index in [2.05, 4.69) is 53.5 Å². The highest BCUT2D eigenvalue weighted by Gasteiger charge is 2.24. The van der Waals surface area contributed by atoms with Crippen LogP contribution in [0.4, 0.5) is 17.1 Å². The van der Waals surface area contributed by atoms with Gasteiger partial charge in [-0.05, 0) is 34.4 Å². The number of nitro groups is 3. The van der Waals surface area contributed by atoms with E-state index in [1.165, 1.54) is 22.3 Å². The molecule has 1 N–H and O–H groups in total. The van der Waals surface area contributed by atoms with Gasteiger partial charge < -0.3 is 9.84 Å². The van der Waals surface area contributed by atoms with Gasteiger partial charge in [-0.25, -0.2) is 4.98 Å². The highest BCUT2D eigenvalue weighted by molar-refractivity contribution is 5.70. The molecule has 12 heteroatoms. The van der Waals surface area contributed by atoms with Gasteiger partial charge in [0.05, 0.1) is 39.8 Å². The third-order valence-electron chi connectivity index (χ3n) is 5.00. The van der Waals surface area contributed by atoms with E-state index in [0.29, 0.717) is 12.1 Å². The third-order valence-corrected chi connectivity index (χ3v) is 5.00. The molecule has 0 atom stereocenters. The first-order valence-corrected chi connectivity index (χ1v) is 10.2. The summed E-state index contributed by atoms with van der Waals surface area (Å²) in [5.74, 6) is -0.577. The minimum absolute atomic E-state index is 0.384. The summed E-state index contributed by atoms with van der Waals surface area (Å²) >= 11 is 0. The fraction of sp³-hybridized carbons (Fsp3) is 0.0417. The molecule has 4 rings (SSSR count). The second-order valence-corrected chi connectivity index (χ2v) is 7.18. The average molecular weight is 490 g/mol. The Kier molecular flexibility index (Phi) is 7.82. The van der Waals surface area contributed by atoms with Gasteiger partial charge in [0.25, 0.3) is 17.1 Å². The molecule has 1 heterocycles. The van der Waals surface area contributed by atoms with Gasteiger partial charge in [0.2, 0.25) is 0 Å². The summed E-state index contributed by atoms with van der Waals surface area (Å²) in [6, 6.07) is 21.6. The number of nitro benzene ring substituents is 3. The first kappa shape index (κ1) is 25.2. The van der Waals surface area contributed by atoms with Gasteiger partial charge in [-0.1, -0.05) is 36.4 Å². The molecular weight excluding hydrogens is 472 g/mol. The molecule has 0 saturated carbocycles. The Labute approximate surface area is 203 Å². The lowest BCUT2D eigenvalue weighted by molar-refractivity contribution is -0.420.